The maximum atomic E-state index is 12.2. The number of hydrogen-bond acceptors (Lipinski definition) is 9. The molecule has 1 atom stereocenters. The largest absolute Gasteiger partial charge is 0.453 e. The summed E-state index contributed by atoms with van der Waals surface area (Å²) in [6, 6.07) is 0. The molecular formula is C25H18Cl5I9N2O8. The molecule has 0 bridgehead atoms. The second-order valence-electron chi connectivity index (χ2n) is 8.47. The minimum absolute atomic E-state index is 0. The molecule has 1 amide bonds. The molecule has 0 unspecified atom stereocenters. The van der Waals surface area contributed by atoms with Gasteiger partial charge in [0.05, 0.1) is 47.9 Å². The van der Waals surface area contributed by atoms with E-state index in [0.29, 0.717) is 27.1 Å². The molecule has 0 aliphatic carbocycles. The number of nitrogen functional groups attached to an aromatic ring is 1. The number of carbonyl (C=O) groups is 7. The second-order valence-corrected chi connectivity index (χ2v) is 16.7. The molecule has 0 aromatic heterocycles. The molecule has 24 heteroatoms. The highest BCUT2D eigenvalue weighted by atomic mass is 128. The van der Waals surface area contributed by atoms with Gasteiger partial charge in [0.25, 0.3) is 26.9 Å². The first kappa shape index (κ1) is 56.9. The van der Waals surface area contributed by atoms with Crippen LogP contribution in [-0.2, 0) is 19.1 Å². The van der Waals surface area contributed by atoms with Crippen LogP contribution in [-0.4, -0.2) is 44.2 Å². The summed E-state index contributed by atoms with van der Waals surface area (Å²) in [4.78, 5) is 79.0. The van der Waals surface area contributed by atoms with E-state index in [1.165, 1.54) is 13.8 Å². The Morgan fingerprint density at radius 2 is 0.878 bits per heavy atom. The zero-order valence-corrected chi connectivity index (χ0v) is 47.7. The average molecular weight is 1790 g/mol. The van der Waals surface area contributed by atoms with Gasteiger partial charge in [0.15, 0.2) is 6.10 Å². The number of amides is 1. The van der Waals surface area contributed by atoms with E-state index in [-0.39, 0.29) is 63.1 Å². The molecule has 0 aliphatic rings. The Kier molecular flexibility index (Phi) is 32.5. The maximum absolute atomic E-state index is 12.2. The molecule has 0 fully saturated rings. The lowest BCUT2D eigenvalue weighted by Gasteiger charge is -2.18. The molecule has 274 valence electrons. The van der Waals surface area contributed by atoms with Gasteiger partial charge >= 0.3 is 5.97 Å². The summed E-state index contributed by atoms with van der Waals surface area (Å²) in [6.45, 7) is 6.09. The zero-order chi connectivity index (χ0) is 38.5. The molecule has 49 heavy (non-hydrogen) atoms. The molecule has 10 nitrogen and oxygen atoms in total. The van der Waals surface area contributed by atoms with E-state index in [0.717, 1.165) is 0 Å². The van der Waals surface area contributed by atoms with Crippen molar-refractivity contribution in [1.82, 2.24) is 0 Å². The van der Waals surface area contributed by atoms with Gasteiger partial charge in [-0.15, -0.1) is 24.0 Å². The number of esters is 1. The highest BCUT2D eigenvalue weighted by Crippen LogP contribution is 2.38. The topological polar surface area (TPSA) is 167 Å². The van der Waals surface area contributed by atoms with E-state index in [9.17, 15) is 33.6 Å². The quantitative estimate of drug-likeness (QED) is 0.113. The molecule has 0 saturated carbocycles. The van der Waals surface area contributed by atoms with Crippen LogP contribution in [0, 0.1) is 27.3 Å². The number of benzene rings is 2. The molecule has 3 N–H and O–H groups in total. The van der Waals surface area contributed by atoms with Gasteiger partial charge in [-0.25, -0.2) is 0 Å². The van der Waals surface area contributed by atoms with Gasteiger partial charge in [-0.05, 0) is 200 Å². The summed E-state index contributed by atoms with van der Waals surface area (Å²) >= 11 is 42.5. The van der Waals surface area contributed by atoms with Gasteiger partial charge in [0.1, 0.15) is 0 Å². The van der Waals surface area contributed by atoms with E-state index in [1.807, 2.05) is 113 Å². The maximum Gasteiger partial charge on any atom is 0.303 e. The van der Waals surface area contributed by atoms with Gasteiger partial charge in [0, 0.05) is 57.2 Å². The summed E-state index contributed by atoms with van der Waals surface area (Å²) in [7, 11) is 0. The molecule has 2 aromatic carbocycles. The number of halogens is 14. The first-order valence-corrected chi connectivity index (χ1v) is 26.3. The van der Waals surface area contributed by atoms with Crippen LogP contribution in [0.25, 0.3) is 0 Å². The van der Waals surface area contributed by atoms with Crippen molar-refractivity contribution in [3.8, 4) is 0 Å². The highest BCUT2D eigenvalue weighted by Gasteiger charge is 2.29. The molecule has 2 rings (SSSR count). The zero-order valence-electron chi connectivity index (χ0n) is 24.3. The Hall–Kier alpha value is 3.55. The Bertz CT molecular complexity index is 1550. The molecule has 0 aliphatic heterocycles. The molecular weight excluding hydrogens is 1780 g/mol. The van der Waals surface area contributed by atoms with Crippen LogP contribution in [0.4, 0.5) is 11.4 Å². The lowest BCUT2D eigenvalue weighted by Crippen LogP contribution is -2.30. The van der Waals surface area contributed by atoms with Crippen LogP contribution in [0.15, 0.2) is 0 Å². The Balaban J connectivity index is -0.000000728. The first-order valence-electron chi connectivity index (χ1n) is 11.7. The van der Waals surface area contributed by atoms with Gasteiger partial charge in [-0.3, -0.25) is 33.6 Å². The SMILES string of the molecule is CC(=O)O[C@@H](C)C(=O)Nc1c(I)c(C(=O)Cl)c(I)c(C(=O)Cl)c1I.CC(C)C(=O)Cl.I.II.Nc1c(I)c(C(=O)Cl)c(I)c(C(=O)Cl)c1I. The van der Waals surface area contributed by atoms with Crippen molar-refractivity contribution in [3.63, 3.8) is 0 Å². The summed E-state index contributed by atoms with van der Waals surface area (Å²) in [5.74, 6) is -1.26. The van der Waals surface area contributed by atoms with E-state index in [2.05, 4.69) is 42.5 Å². The highest BCUT2D eigenvalue weighted by molar-refractivity contribution is 15.0. The summed E-state index contributed by atoms with van der Waals surface area (Å²) < 4.78 is 7.31. The predicted octanol–water partition coefficient (Wildman–Crippen LogP) is 11.8. The Morgan fingerprint density at radius 1 is 0.612 bits per heavy atom. The average Bonchev–Trinajstić information content (AvgIpc) is 2.94. The number of nitrogens with one attached hydrogen (secondary N) is 1. The first-order chi connectivity index (χ1) is 21.9. The molecule has 0 radical (unpaired) electrons. The fraction of sp³-hybridized carbons (Fsp3) is 0.240. The predicted molar refractivity (Wildman–Crippen MR) is 273 cm³/mol. The van der Waals surface area contributed by atoms with Crippen molar-refractivity contribution in [2.45, 2.75) is 33.8 Å². The van der Waals surface area contributed by atoms with E-state index >= 15 is 0 Å². The number of carbonyl (C=O) groups excluding carboxylic acids is 7. The van der Waals surface area contributed by atoms with Crippen LogP contribution in [0.5, 0.6) is 0 Å². The van der Waals surface area contributed by atoms with Gasteiger partial charge in [-0.2, -0.15) is 0 Å². The fourth-order valence-corrected chi connectivity index (χ4v) is 13.3. The van der Waals surface area contributed by atoms with E-state index < -0.39 is 39.0 Å². The molecule has 2 aromatic rings. The van der Waals surface area contributed by atoms with Crippen molar-refractivity contribution in [2.75, 3.05) is 11.1 Å². The van der Waals surface area contributed by atoms with Crippen molar-refractivity contribution in [3.05, 3.63) is 43.7 Å². The van der Waals surface area contributed by atoms with Gasteiger partial charge < -0.3 is 15.8 Å². The van der Waals surface area contributed by atoms with Crippen molar-refractivity contribution in [2.24, 2.45) is 5.92 Å². The van der Waals surface area contributed by atoms with Crippen LogP contribution < -0.4 is 11.1 Å². The van der Waals surface area contributed by atoms with Crippen molar-refractivity contribution in [1.29, 1.82) is 0 Å². The standard InChI is InChI=1S/C13H8Cl2I3NO5.C8H2Cl2I3NO2.C4H7ClO.I2.HI/c1-3(24-4(2)20)13(23)19-10-8(17)5(11(14)21)7(16)6(9(10)18)12(15)22;9-7(15)1-3(11)2(8(10)16)5(13)6(14)4(1)12;1-3(2)4(5)6;1-2;/h3H,1-2H3,(H,19,23);14H2;3H,1-2H3;;1H/t3-;;;;/m0..../s1. The van der Waals surface area contributed by atoms with Crippen molar-refractivity contribution >= 4 is 304 Å². The third-order valence-corrected chi connectivity index (χ3v) is 12.6. The van der Waals surface area contributed by atoms with Gasteiger partial charge in [-0.1, -0.05) is 13.8 Å². The molecule has 0 spiro atoms. The van der Waals surface area contributed by atoms with Crippen molar-refractivity contribution < 1.29 is 38.3 Å². The number of ether oxygens (including phenoxy) is 1. The van der Waals surface area contributed by atoms with Crippen LogP contribution in [0.3, 0.4) is 0 Å². The Labute approximate surface area is 428 Å². The minimum Gasteiger partial charge on any atom is -0.453 e. The number of anilines is 2. The molecule has 0 heterocycles. The number of nitrogens with two attached hydrogens (primary N) is 1. The monoisotopic (exact) mass is 1790 g/mol. The lowest BCUT2D eigenvalue weighted by molar-refractivity contribution is -0.150. The third-order valence-electron chi connectivity index (χ3n) is 4.87. The van der Waals surface area contributed by atoms with E-state index in [4.69, 9.17) is 68.5 Å². The van der Waals surface area contributed by atoms with Crippen LogP contribution in [0.2, 0.25) is 0 Å². The van der Waals surface area contributed by atoms with E-state index in [1.54, 1.807) is 36.4 Å². The third kappa shape index (κ3) is 18.1. The minimum atomic E-state index is -1.06. The Morgan fingerprint density at radius 3 is 1.10 bits per heavy atom. The fourth-order valence-electron chi connectivity index (χ4n) is 2.67. The number of rotatable bonds is 8. The summed E-state index contributed by atoms with van der Waals surface area (Å²) in [5.41, 5.74) is 6.92. The van der Waals surface area contributed by atoms with Gasteiger partial charge in [0.2, 0.25) is 5.24 Å². The van der Waals surface area contributed by atoms with Crippen LogP contribution >= 0.6 is 255 Å². The lowest BCUT2D eigenvalue weighted by atomic mass is 10.1. The number of hydrogen-bond donors (Lipinski definition) is 2. The summed E-state index contributed by atoms with van der Waals surface area (Å²) in [5, 5.41) is -0.614. The van der Waals surface area contributed by atoms with Crippen LogP contribution in [0.1, 0.15) is 69.1 Å². The molecule has 0 saturated heterocycles. The smallest absolute Gasteiger partial charge is 0.303 e. The normalized spacial score (nSPS) is 10.3. The second kappa shape index (κ2) is 28.0. The summed E-state index contributed by atoms with van der Waals surface area (Å²) in [6.07, 6.45) is -1.06.